The second-order valence-electron chi connectivity index (χ2n) is 4.72. The molecule has 0 aromatic heterocycles. The Balaban J connectivity index is 2.57. The predicted molar refractivity (Wildman–Crippen MR) is 58.0 cm³/mol. The summed E-state index contributed by atoms with van der Waals surface area (Å²) >= 11 is 0. The first-order valence-corrected chi connectivity index (χ1v) is 5.62. The molecule has 0 saturated heterocycles. The Labute approximate surface area is 86.6 Å². The van der Waals surface area contributed by atoms with Crippen LogP contribution in [0.25, 0.3) is 0 Å². The molecule has 1 saturated carbocycles. The molecule has 14 heavy (non-hydrogen) atoms. The molecule has 0 atom stereocenters. The van der Waals surface area contributed by atoms with Gasteiger partial charge in [0.15, 0.2) is 0 Å². The Kier molecular flexibility index (Phi) is 4.32. The number of halogens is 1. The fourth-order valence-corrected chi connectivity index (χ4v) is 2.41. The molecule has 0 spiro atoms. The first-order chi connectivity index (χ1) is 6.64. The number of likely N-dealkylation sites (N-methyl/N-ethyl adjacent to an activating group) is 1. The van der Waals surface area contributed by atoms with Gasteiger partial charge in [-0.1, -0.05) is 6.92 Å². The van der Waals surface area contributed by atoms with Crippen molar-refractivity contribution < 1.29 is 4.39 Å². The maximum Gasteiger partial charge on any atom is 0.102 e. The van der Waals surface area contributed by atoms with Crippen LogP contribution in [0.2, 0.25) is 0 Å². The van der Waals surface area contributed by atoms with Gasteiger partial charge >= 0.3 is 0 Å². The standard InChI is InChI=1S/C11H23FN2/c1-10-3-5-11(9-13,6-4-10)14(2)8-7-12/h10H,3-9,13H2,1-2H3. The van der Waals surface area contributed by atoms with Gasteiger partial charge in [0.2, 0.25) is 0 Å². The van der Waals surface area contributed by atoms with E-state index < -0.39 is 0 Å². The minimum absolute atomic E-state index is 0.0819. The average molecular weight is 202 g/mol. The van der Waals surface area contributed by atoms with Gasteiger partial charge in [0, 0.05) is 18.6 Å². The number of hydrogen-bond donors (Lipinski definition) is 1. The van der Waals surface area contributed by atoms with E-state index in [0.717, 1.165) is 18.8 Å². The highest BCUT2D eigenvalue weighted by Crippen LogP contribution is 2.34. The monoisotopic (exact) mass is 202 g/mol. The largest absolute Gasteiger partial charge is 0.329 e. The van der Waals surface area contributed by atoms with E-state index in [9.17, 15) is 4.39 Å². The first kappa shape index (κ1) is 11.9. The van der Waals surface area contributed by atoms with Crippen LogP contribution in [0.1, 0.15) is 32.6 Å². The molecule has 0 aromatic carbocycles. The summed E-state index contributed by atoms with van der Waals surface area (Å²) in [6, 6.07) is 0. The molecule has 2 N–H and O–H groups in total. The third-order valence-corrected chi connectivity index (χ3v) is 3.81. The molecule has 0 heterocycles. The second kappa shape index (κ2) is 5.08. The summed E-state index contributed by atoms with van der Waals surface area (Å²) in [5, 5.41) is 0. The molecule has 0 radical (unpaired) electrons. The Morgan fingerprint density at radius 2 is 2.00 bits per heavy atom. The van der Waals surface area contributed by atoms with Crippen molar-refractivity contribution in [3.05, 3.63) is 0 Å². The molecule has 0 aromatic rings. The molecule has 1 rings (SSSR count). The molecule has 0 amide bonds. The Morgan fingerprint density at radius 1 is 1.43 bits per heavy atom. The van der Waals surface area contributed by atoms with Crippen molar-refractivity contribution >= 4 is 0 Å². The van der Waals surface area contributed by atoms with Gasteiger partial charge < -0.3 is 5.73 Å². The summed E-state index contributed by atoms with van der Waals surface area (Å²) < 4.78 is 12.3. The van der Waals surface area contributed by atoms with Gasteiger partial charge in [0.25, 0.3) is 0 Å². The van der Waals surface area contributed by atoms with E-state index in [1.807, 2.05) is 7.05 Å². The number of alkyl halides is 1. The van der Waals surface area contributed by atoms with Gasteiger partial charge in [0.05, 0.1) is 0 Å². The molecule has 0 aliphatic heterocycles. The summed E-state index contributed by atoms with van der Waals surface area (Å²) in [7, 11) is 2.00. The fourth-order valence-electron chi connectivity index (χ4n) is 2.41. The summed E-state index contributed by atoms with van der Waals surface area (Å²) in [4.78, 5) is 2.12. The van der Waals surface area contributed by atoms with E-state index >= 15 is 0 Å². The molecule has 1 fully saturated rings. The van der Waals surface area contributed by atoms with Crippen molar-refractivity contribution in [2.24, 2.45) is 11.7 Å². The highest BCUT2D eigenvalue weighted by atomic mass is 19.1. The van der Waals surface area contributed by atoms with Crippen molar-refractivity contribution in [1.29, 1.82) is 0 Å². The van der Waals surface area contributed by atoms with Crippen LogP contribution in [0, 0.1) is 5.92 Å². The lowest BCUT2D eigenvalue weighted by molar-refractivity contribution is 0.0629. The van der Waals surface area contributed by atoms with Crippen molar-refractivity contribution in [2.45, 2.75) is 38.1 Å². The first-order valence-electron chi connectivity index (χ1n) is 5.62. The van der Waals surface area contributed by atoms with Gasteiger partial charge in [-0.25, -0.2) is 4.39 Å². The normalized spacial score (nSPS) is 33.6. The van der Waals surface area contributed by atoms with Crippen LogP contribution >= 0.6 is 0 Å². The van der Waals surface area contributed by atoms with Crippen LogP contribution in [-0.4, -0.2) is 37.3 Å². The Morgan fingerprint density at radius 3 is 2.43 bits per heavy atom. The zero-order valence-corrected chi connectivity index (χ0v) is 9.43. The molecule has 2 nitrogen and oxygen atoms in total. The maximum absolute atomic E-state index is 12.3. The third-order valence-electron chi connectivity index (χ3n) is 3.81. The van der Waals surface area contributed by atoms with Gasteiger partial charge in [-0.05, 0) is 38.6 Å². The fraction of sp³-hybridized carbons (Fsp3) is 1.00. The molecule has 0 unspecified atom stereocenters. The zero-order chi connectivity index (χ0) is 10.6. The van der Waals surface area contributed by atoms with Gasteiger partial charge in [-0.3, -0.25) is 4.90 Å². The SMILES string of the molecule is CC1CCC(CN)(N(C)CCF)CC1. The molecule has 84 valence electrons. The molecular weight excluding hydrogens is 179 g/mol. The van der Waals surface area contributed by atoms with Crippen molar-refractivity contribution in [1.82, 2.24) is 4.90 Å². The zero-order valence-electron chi connectivity index (χ0n) is 9.43. The lowest BCUT2D eigenvalue weighted by Gasteiger charge is -2.45. The molecule has 1 aliphatic rings. The summed E-state index contributed by atoms with van der Waals surface area (Å²) in [5.41, 5.74) is 5.93. The lowest BCUT2D eigenvalue weighted by Crippen LogP contribution is -2.54. The highest BCUT2D eigenvalue weighted by molar-refractivity contribution is 4.94. The van der Waals surface area contributed by atoms with E-state index in [4.69, 9.17) is 5.73 Å². The Hall–Kier alpha value is -0.150. The van der Waals surface area contributed by atoms with Crippen LogP contribution in [0.5, 0.6) is 0 Å². The van der Waals surface area contributed by atoms with Crippen LogP contribution in [0.4, 0.5) is 4.39 Å². The van der Waals surface area contributed by atoms with Crippen LogP contribution in [0.15, 0.2) is 0 Å². The number of nitrogens with zero attached hydrogens (tertiary/aromatic N) is 1. The number of nitrogens with two attached hydrogens (primary N) is 1. The van der Waals surface area contributed by atoms with E-state index in [-0.39, 0.29) is 12.2 Å². The van der Waals surface area contributed by atoms with E-state index in [1.165, 1.54) is 12.8 Å². The minimum Gasteiger partial charge on any atom is -0.329 e. The number of rotatable bonds is 4. The highest BCUT2D eigenvalue weighted by Gasteiger charge is 2.36. The van der Waals surface area contributed by atoms with E-state index in [1.54, 1.807) is 0 Å². The summed E-state index contributed by atoms with van der Waals surface area (Å²) in [5.74, 6) is 0.813. The maximum atomic E-state index is 12.3. The third kappa shape index (κ3) is 2.45. The van der Waals surface area contributed by atoms with Gasteiger partial charge in [0.1, 0.15) is 6.67 Å². The second-order valence-corrected chi connectivity index (χ2v) is 4.72. The van der Waals surface area contributed by atoms with E-state index in [0.29, 0.717) is 13.1 Å². The van der Waals surface area contributed by atoms with Gasteiger partial charge in [-0.2, -0.15) is 0 Å². The summed E-state index contributed by atoms with van der Waals surface area (Å²) in [6.45, 7) is 3.20. The topological polar surface area (TPSA) is 29.3 Å². The van der Waals surface area contributed by atoms with Crippen molar-refractivity contribution in [3.63, 3.8) is 0 Å². The smallest absolute Gasteiger partial charge is 0.102 e. The average Bonchev–Trinajstić information content (AvgIpc) is 2.20. The van der Waals surface area contributed by atoms with Crippen molar-refractivity contribution in [3.8, 4) is 0 Å². The predicted octanol–water partition coefficient (Wildman–Crippen LogP) is 1.80. The van der Waals surface area contributed by atoms with E-state index in [2.05, 4.69) is 11.8 Å². The van der Waals surface area contributed by atoms with Crippen LogP contribution in [0.3, 0.4) is 0 Å². The lowest BCUT2D eigenvalue weighted by atomic mass is 9.76. The summed E-state index contributed by atoms with van der Waals surface area (Å²) in [6.07, 6.45) is 4.71. The Bertz CT molecular complexity index is 165. The van der Waals surface area contributed by atoms with Crippen LogP contribution < -0.4 is 5.73 Å². The van der Waals surface area contributed by atoms with Crippen molar-refractivity contribution in [2.75, 3.05) is 26.8 Å². The quantitative estimate of drug-likeness (QED) is 0.753. The van der Waals surface area contributed by atoms with Crippen LogP contribution in [-0.2, 0) is 0 Å². The molecule has 1 aliphatic carbocycles. The molecular formula is C11H23FN2. The molecule has 0 bridgehead atoms. The minimum atomic E-state index is -0.270. The molecule has 3 heteroatoms. The van der Waals surface area contributed by atoms with Gasteiger partial charge in [-0.15, -0.1) is 0 Å². The number of hydrogen-bond acceptors (Lipinski definition) is 2.